The number of aryl methyl sites for hydroxylation is 1. The summed E-state index contributed by atoms with van der Waals surface area (Å²) in [5.74, 6) is 1.50. The number of rotatable bonds is 7. The number of hydrogen-bond donors (Lipinski definition) is 1. The Kier molecular flexibility index (Phi) is 9.44. The average Bonchev–Trinajstić information content (AvgIpc) is 3.12. The van der Waals surface area contributed by atoms with E-state index < -0.39 is 0 Å². The molecule has 0 fully saturated rings. The summed E-state index contributed by atoms with van der Waals surface area (Å²) < 4.78 is 18.6. The van der Waals surface area contributed by atoms with Gasteiger partial charge in [0.25, 0.3) is 0 Å². The molecule has 0 saturated carbocycles. The first kappa shape index (κ1) is 24.0. The lowest BCUT2D eigenvalue weighted by Crippen LogP contribution is -2.38. The second-order valence-corrected chi connectivity index (χ2v) is 7.51. The monoisotopic (exact) mass is 541 g/mol. The van der Waals surface area contributed by atoms with Gasteiger partial charge in [0.1, 0.15) is 11.6 Å². The van der Waals surface area contributed by atoms with Crippen LogP contribution in [0, 0.1) is 12.7 Å². The van der Waals surface area contributed by atoms with Crippen molar-refractivity contribution >= 4 is 41.3 Å². The van der Waals surface area contributed by atoms with Gasteiger partial charge in [0.15, 0.2) is 5.96 Å². The van der Waals surface area contributed by atoms with Gasteiger partial charge in [0.2, 0.25) is 5.88 Å². The number of benzene rings is 1. The SMILES string of the molecule is CCNC(=NCc1ccc(Oc2ccc(F)cc2)nc1)N(C)Cc1csc(C)n1.I. The minimum absolute atomic E-state index is 0. The van der Waals surface area contributed by atoms with Gasteiger partial charge in [0, 0.05) is 31.2 Å². The van der Waals surface area contributed by atoms with Crippen molar-refractivity contribution in [3.8, 4) is 11.6 Å². The van der Waals surface area contributed by atoms with Crippen molar-refractivity contribution in [1.29, 1.82) is 0 Å². The van der Waals surface area contributed by atoms with Crippen molar-refractivity contribution in [1.82, 2.24) is 20.2 Å². The summed E-state index contributed by atoms with van der Waals surface area (Å²) in [4.78, 5) is 15.6. The minimum Gasteiger partial charge on any atom is -0.439 e. The largest absolute Gasteiger partial charge is 0.439 e. The van der Waals surface area contributed by atoms with Gasteiger partial charge in [-0.1, -0.05) is 6.07 Å². The topological polar surface area (TPSA) is 62.6 Å². The first-order chi connectivity index (χ1) is 14.0. The van der Waals surface area contributed by atoms with Crippen molar-refractivity contribution in [3.63, 3.8) is 0 Å². The van der Waals surface area contributed by atoms with Gasteiger partial charge in [-0.25, -0.2) is 19.4 Å². The molecule has 0 amide bonds. The summed E-state index contributed by atoms with van der Waals surface area (Å²) in [6.45, 7) is 6.01. The highest BCUT2D eigenvalue weighted by Crippen LogP contribution is 2.19. The molecule has 0 aliphatic carbocycles. The maximum absolute atomic E-state index is 13.0. The Morgan fingerprint density at radius 1 is 1.23 bits per heavy atom. The van der Waals surface area contributed by atoms with Crippen molar-refractivity contribution < 1.29 is 9.13 Å². The highest BCUT2D eigenvalue weighted by Gasteiger charge is 2.09. The van der Waals surface area contributed by atoms with Gasteiger partial charge < -0.3 is 15.0 Å². The van der Waals surface area contributed by atoms with E-state index in [-0.39, 0.29) is 29.8 Å². The van der Waals surface area contributed by atoms with Crippen LogP contribution in [0.2, 0.25) is 0 Å². The molecule has 1 N–H and O–H groups in total. The molecule has 3 aromatic rings. The summed E-state index contributed by atoms with van der Waals surface area (Å²) in [6.07, 6.45) is 1.73. The molecule has 0 aliphatic heterocycles. The third-order valence-electron chi connectivity index (χ3n) is 4.01. The average molecular weight is 541 g/mol. The Morgan fingerprint density at radius 3 is 2.60 bits per heavy atom. The lowest BCUT2D eigenvalue weighted by molar-refractivity contribution is 0.460. The summed E-state index contributed by atoms with van der Waals surface area (Å²) in [7, 11) is 1.99. The van der Waals surface area contributed by atoms with Gasteiger partial charge in [0.05, 0.1) is 23.8 Å². The van der Waals surface area contributed by atoms with Crippen molar-refractivity contribution in [3.05, 3.63) is 70.1 Å². The molecule has 2 aromatic heterocycles. The number of ether oxygens (including phenoxy) is 1. The zero-order chi connectivity index (χ0) is 20.6. The van der Waals surface area contributed by atoms with Crippen LogP contribution in [0.4, 0.5) is 4.39 Å². The zero-order valence-corrected chi connectivity index (χ0v) is 20.3. The molecule has 0 bridgehead atoms. The molecule has 9 heteroatoms. The number of aromatic nitrogens is 2. The van der Waals surface area contributed by atoms with Crippen LogP contribution in [0.15, 0.2) is 53.0 Å². The summed E-state index contributed by atoms with van der Waals surface area (Å²) in [5.41, 5.74) is 1.99. The molecule has 0 unspecified atom stereocenters. The minimum atomic E-state index is -0.301. The Hall–Kier alpha value is -2.27. The van der Waals surface area contributed by atoms with Crippen LogP contribution in [-0.4, -0.2) is 34.4 Å². The number of pyridine rings is 1. The molecule has 30 heavy (non-hydrogen) atoms. The maximum atomic E-state index is 13.0. The molecular weight excluding hydrogens is 516 g/mol. The van der Waals surface area contributed by atoms with Gasteiger partial charge in [-0.2, -0.15) is 0 Å². The Bertz CT molecular complexity index is 947. The quantitative estimate of drug-likeness (QED) is 0.260. The lowest BCUT2D eigenvalue weighted by Gasteiger charge is -2.21. The number of thiazole rings is 1. The van der Waals surface area contributed by atoms with E-state index in [4.69, 9.17) is 9.73 Å². The van der Waals surface area contributed by atoms with E-state index >= 15 is 0 Å². The molecule has 1 aromatic carbocycles. The van der Waals surface area contributed by atoms with E-state index in [1.165, 1.54) is 12.1 Å². The maximum Gasteiger partial charge on any atom is 0.219 e. The van der Waals surface area contributed by atoms with E-state index in [9.17, 15) is 4.39 Å². The van der Waals surface area contributed by atoms with Gasteiger partial charge in [-0.15, -0.1) is 35.3 Å². The number of hydrogen-bond acceptors (Lipinski definition) is 5. The van der Waals surface area contributed by atoms with Crippen LogP contribution in [0.5, 0.6) is 11.6 Å². The second kappa shape index (κ2) is 11.8. The third-order valence-corrected chi connectivity index (χ3v) is 4.83. The molecule has 0 aliphatic rings. The Labute approximate surface area is 197 Å². The van der Waals surface area contributed by atoms with E-state index in [0.717, 1.165) is 28.8 Å². The van der Waals surface area contributed by atoms with Crippen molar-refractivity contribution in [2.24, 2.45) is 4.99 Å². The molecule has 0 radical (unpaired) electrons. The fraction of sp³-hybridized carbons (Fsp3) is 0.286. The molecule has 6 nitrogen and oxygen atoms in total. The standard InChI is InChI=1S/C21H24FN5OS.HI/c1-4-23-21(27(3)13-18-14-29-15(2)26-18)25-12-16-5-10-20(24-11-16)28-19-8-6-17(22)7-9-19;/h5-11,14H,4,12-13H2,1-3H3,(H,23,25);1H. The van der Waals surface area contributed by atoms with Gasteiger partial charge in [-0.05, 0) is 43.7 Å². The van der Waals surface area contributed by atoms with E-state index in [0.29, 0.717) is 24.7 Å². The van der Waals surface area contributed by atoms with Crippen LogP contribution in [0.25, 0.3) is 0 Å². The van der Waals surface area contributed by atoms with E-state index in [1.807, 2.05) is 27.0 Å². The normalized spacial score (nSPS) is 11.0. The lowest BCUT2D eigenvalue weighted by atomic mass is 10.3. The van der Waals surface area contributed by atoms with Gasteiger partial charge >= 0.3 is 0 Å². The molecule has 2 heterocycles. The fourth-order valence-electron chi connectivity index (χ4n) is 2.62. The van der Waals surface area contributed by atoms with Crippen LogP contribution in [-0.2, 0) is 13.1 Å². The molecule has 0 atom stereocenters. The molecule has 0 spiro atoms. The second-order valence-electron chi connectivity index (χ2n) is 6.44. The van der Waals surface area contributed by atoms with Crippen LogP contribution < -0.4 is 10.1 Å². The highest BCUT2D eigenvalue weighted by atomic mass is 127. The summed E-state index contributed by atoms with van der Waals surface area (Å²) in [5, 5.41) is 6.43. The highest BCUT2D eigenvalue weighted by molar-refractivity contribution is 14.0. The number of guanidine groups is 1. The number of nitrogens with zero attached hydrogens (tertiary/aromatic N) is 4. The summed E-state index contributed by atoms with van der Waals surface area (Å²) in [6, 6.07) is 9.54. The van der Waals surface area contributed by atoms with Gasteiger partial charge in [-0.3, -0.25) is 0 Å². The van der Waals surface area contributed by atoms with Crippen molar-refractivity contribution in [2.45, 2.75) is 26.9 Å². The van der Waals surface area contributed by atoms with E-state index in [2.05, 4.69) is 25.6 Å². The van der Waals surface area contributed by atoms with Crippen LogP contribution in [0.3, 0.4) is 0 Å². The Balaban J connectivity index is 0.00000320. The fourth-order valence-corrected chi connectivity index (χ4v) is 3.23. The predicted octanol–water partition coefficient (Wildman–Crippen LogP) is 4.99. The third kappa shape index (κ3) is 7.21. The number of nitrogens with one attached hydrogen (secondary N) is 1. The van der Waals surface area contributed by atoms with Crippen molar-refractivity contribution in [2.75, 3.05) is 13.6 Å². The number of halogens is 2. The molecular formula is C21H25FIN5OS. The first-order valence-electron chi connectivity index (χ1n) is 9.32. The first-order valence-corrected chi connectivity index (χ1v) is 10.2. The smallest absolute Gasteiger partial charge is 0.219 e. The molecule has 0 saturated heterocycles. The van der Waals surface area contributed by atoms with E-state index in [1.54, 1.807) is 35.7 Å². The number of aliphatic imine (C=N–C) groups is 1. The zero-order valence-electron chi connectivity index (χ0n) is 17.1. The van der Waals surface area contributed by atoms with Crippen LogP contribution in [0.1, 0.15) is 23.2 Å². The molecule has 3 rings (SSSR count). The predicted molar refractivity (Wildman–Crippen MR) is 129 cm³/mol. The van der Waals surface area contributed by atoms with Crippen LogP contribution >= 0.6 is 35.3 Å². The molecule has 160 valence electrons. The summed E-state index contributed by atoms with van der Waals surface area (Å²) >= 11 is 1.65. The Morgan fingerprint density at radius 2 is 2.00 bits per heavy atom.